The number of allylic oxidation sites excluding steroid dienone is 1. The molecular weight excluding hydrogens is 241 g/mol. The second-order valence-corrected chi connectivity index (χ2v) is 4.88. The topological polar surface area (TPSA) is 60.4 Å². The first kappa shape index (κ1) is 13.8. The molecule has 90 valence electrons. The molecule has 0 N–H and O–H groups in total. The molecule has 2 fully saturated rings. The molecule has 1 aliphatic carbocycles. The third-order valence-corrected chi connectivity index (χ3v) is 4.15. The average molecular weight is 255 g/mol. The van der Waals surface area contributed by atoms with E-state index >= 15 is 0 Å². The summed E-state index contributed by atoms with van der Waals surface area (Å²) in [5.41, 5.74) is 1.87. The van der Waals surface area contributed by atoms with Crippen molar-refractivity contribution in [2.24, 2.45) is 5.92 Å². The zero-order valence-corrected chi connectivity index (χ0v) is 12.7. The largest absolute Gasteiger partial charge is 1.00 e. The van der Waals surface area contributed by atoms with Crippen LogP contribution in [0.25, 0.3) is 0 Å². The van der Waals surface area contributed by atoms with E-state index in [1.165, 1.54) is 4.90 Å². The molecule has 5 heteroatoms. The van der Waals surface area contributed by atoms with E-state index in [4.69, 9.17) is 0 Å². The van der Waals surface area contributed by atoms with E-state index < -0.39 is 5.97 Å². The zero-order valence-electron chi connectivity index (χ0n) is 10.7. The van der Waals surface area contributed by atoms with Crippen molar-refractivity contribution < 1.29 is 44.3 Å². The number of rotatable bonds is 1. The molecule has 0 bridgehead atoms. The molecule has 1 amide bonds. The fraction of sp³-hybridized carbons (Fsp3) is 0.538. The van der Waals surface area contributed by atoms with E-state index in [1.807, 2.05) is 13.0 Å². The van der Waals surface area contributed by atoms with Gasteiger partial charge >= 0.3 is 29.6 Å². The van der Waals surface area contributed by atoms with Crippen molar-refractivity contribution in [1.82, 2.24) is 4.90 Å². The minimum atomic E-state index is -1.20. The molecule has 0 aromatic carbocycles. The van der Waals surface area contributed by atoms with Gasteiger partial charge in [-0.25, -0.2) is 0 Å². The van der Waals surface area contributed by atoms with Gasteiger partial charge in [-0.05, 0) is 31.8 Å². The third-order valence-electron chi connectivity index (χ3n) is 4.15. The Bertz CT molecular complexity index is 481. The van der Waals surface area contributed by atoms with Crippen LogP contribution in [0.3, 0.4) is 0 Å². The van der Waals surface area contributed by atoms with Gasteiger partial charge in [0.15, 0.2) is 0 Å². The number of hydrogen-bond donors (Lipinski definition) is 0. The number of carbonyl (C=O) groups is 2. The van der Waals surface area contributed by atoms with Gasteiger partial charge in [0, 0.05) is 11.5 Å². The minimum Gasteiger partial charge on any atom is -0.543 e. The molecule has 0 radical (unpaired) electrons. The van der Waals surface area contributed by atoms with Gasteiger partial charge in [-0.15, -0.1) is 0 Å². The number of amides is 1. The molecule has 2 aliphatic heterocycles. The summed E-state index contributed by atoms with van der Waals surface area (Å²) in [5, 5.41) is 11.2. The van der Waals surface area contributed by atoms with Crippen LogP contribution in [-0.2, 0) is 9.59 Å². The molecule has 1 saturated heterocycles. The number of β-lactam (4-membered cyclic amide) rings is 1. The molecule has 18 heavy (non-hydrogen) atoms. The summed E-state index contributed by atoms with van der Waals surface area (Å²) in [6, 6.07) is -0.0179. The smallest absolute Gasteiger partial charge is 0.543 e. The number of carboxylic acids is 1. The van der Waals surface area contributed by atoms with Crippen LogP contribution in [0.5, 0.6) is 0 Å². The van der Waals surface area contributed by atoms with Crippen LogP contribution in [0.2, 0.25) is 0 Å². The van der Waals surface area contributed by atoms with Crippen molar-refractivity contribution in [3.8, 4) is 0 Å². The van der Waals surface area contributed by atoms with E-state index in [9.17, 15) is 14.7 Å². The Morgan fingerprint density at radius 1 is 1.44 bits per heavy atom. The van der Waals surface area contributed by atoms with Crippen molar-refractivity contribution in [3.05, 3.63) is 22.9 Å². The van der Waals surface area contributed by atoms with Crippen molar-refractivity contribution in [2.75, 3.05) is 0 Å². The number of nitrogens with zero attached hydrogens (tertiary/aromatic N) is 1. The summed E-state index contributed by atoms with van der Waals surface area (Å²) in [5.74, 6) is -1.13. The first-order chi connectivity index (χ1) is 8.16. The fourth-order valence-corrected chi connectivity index (χ4v) is 3.46. The van der Waals surface area contributed by atoms with Crippen LogP contribution in [0, 0.1) is 5.92 Å². The van der Waals surface area contributed by atoms with Crippen LogP contribution >= 0.6 is 0 Å². The molecule has 2 atom stereocenters. The summed E-state index contributed by atoms with van der Waals surface area (Å²) in [4.78, 5) is 24.5. The summed E-state index contributed by atoms with van der Waals surface area (Å²) >= 11 is 0. The Hall–Kier alpha value is -0.580. The molecule has 0 aromatic rings. The van der Waals surface area contributed by atoms with Gasteiger partial charge in [0.25, 0.3) is 5.91 Å². The van der Waals surface area contributed by atoms with Crippen LogP contribution in [0.1, 0.15) is 32.6 Å². The van der Waals surface area contributed by atoms with Crippen molar-refractivity contribution in [2.45, 2.75) is 38.6 Å². The Morgan fingerprint density at radius 3 is 2.78 bits per heavy atom. The van der Waals surface area contributed by atoms with Crippen LogP contribution in [-0.4, -0.2) is 22.8 Å². The molecule has 4 nitrogen and oxygen atoms in total. The summed E-state index contributed by atoms with van der Waals surface area (Å²) in [6.07, 6.45) is 5.73. The Labute approximate surface area is 128 Å². The van der Waals surface area contributed by atoms with Gasteiger partial charge in [-0.2, -0.15) is 0 Å². The maximum absolute atomic E-state index is 11.9. The predicted molar refractivity (Wildman–Crippen MR) is 58.4 cm³/mol. The SMILES string of the molecule is C/C=C1/C(=O)N2C(C(=O)[O-])=C3CCCCC3[C@H]12.[Na+]. The van der Waals surface area contributed by atoms with Crippen LogP contribution < -0.4 is 34.7 Å². The number of aliphatic carboxylic acids is 1. The van der Waals surface area contributed by atoms with Gasteiger partial charge in [-0.3, -0.25) is 9.69 Å². The molecule has 0 aromatic heterocycles. The maximum atomic E-state index is 11.9. The van der Waals surface area contributed by atoms with E-state index in [1.54, 1.807) is 0 Å². The molecule has 1 saturated carbocycles. The quantitative estimate of drug-likeness (QED) is 0.292. The Kier molecular flexibility index (Phi) is 3.72. The summed E-state index contributed by atoms with van der Waals surface area (Å²) in [7, 11) is 0. The standard InChI is InChI=1S/C13H15NO3.Na/c1-2-7-10-8-5-3-4-6-9(8)11(13(16)17)14(10)12(7)15;/h2,8,10H,3-6H2,1H3,(H,16,17);/q;+1/p-1/b7-2+;/t8?,10-;/m0./s1. The first-order valence-electron chi connectivity index (χ1n) is 6.11. The molecule has 1 unspecified atom stereocenters. The number of hydrogen-bond acceptors (Lipinski definition) is 3. The summed E-state index contributed by atoms with van der Waals surface area (Å²) < 4.78 is 0. The normalized spacial score (nSPS) is 31.7. The van der Waals surface area contributed by atoms with Gasteiger partial charge < -0.3 is 9.90 Å². The van der Waals surface area contributed by atoms with Gasteiger partial charge in [-0.1, -0.05) is 12.5 Å². The fourth-order valence-electron chi connectivity index (χ4n) is 3.46. The number of carbonyl (C=O) groups excluding carboxylic acids is 2. The van der Waals surface area contributed by atoms with Gasteiger partial charge in [0.1, 0.15) is 0 Å². The molecule has 3 rings (SSSR count). The maximum Gasteiger partial charge on any atom is 1.00 e. The Morgan fingerprint density at radius 2 is 2.17 bits per heavy atom. The second kappa shape index (κ2) is 4.83. The minimum absolute atomic E-state index is 0. The van der Waals surface area contributed by atoms with Gasteiger partial charge in [0.05, 0.1) is 17.7 Å². The number of carboxylic acid groups (broad SMARTS) is 1. The van der Waals surface area contributed by atoms with E-state index in [0.29, 0.717) is 0 Å². The van der Waals surface area contributed by atoms with Gasteiger partial charge in [0.2, 0.25) is 0 Å². The van der Waals surface area contributed by atoms with Crippen molar-refractivity contribution in [3.63, 3.8) is 0 Å². The van der Waals surface area contributed by atoms with Crippen LogP contribution in [0.4, 0.5) is 0 Å². The van der Waals surface area contributed by atoms with E-state index in [-0.39, 0.29) is 53.1 Å². The van der Waals surface area contributed by atoms with Crippen LogP contribution in [0.15, 0.2) is 22.9 Å². The van der Waals surface area contributed by atoms with Crippen molar-refractivity contribution >= 4 is 11.9 Å². The molecule has 3 aliphatic rings. The second-order valence-electron chi connectivity index (χ2n) is 4.88. The molecule has 2 heterocycles. The molecule has 0 spiro atoms. The number of fused-ring (bicyclic) bond motifs is 3. The predicted octanol–water partition coefficient (Wildman–Crippen LogP) is -2.64. The van der Waals surface area contributed by atoms with Crippen molar-refractivity contribution in [1.29, 1.82) is 0 Å². The molecular formula is C13H14NNaO3. The van der Waals surface area contributed by atoms with E-state index in [0.717, 1.165) is 36.8 Å². The first-order valence-corrected chi connectivity index (χ1v) is 6.11. The van der Waals surface area contributed by atoms with E-state index in [2.05, 4.69) is 0 Å². The zero-order chi connectivity index (χ0) is 12.2. The average Bonchev–Trinajstić information content (AvgIpc) is 2.61. The summed E-state index contributed by atoms with van der Waals surface area (Å²) in [6.45, 7) is 1.84. The monoisotopic (exact) mass is 255 g/mol. The Balaban J connectivity index is 0.00000120. The third kappa shape index (κ3) is 1.63.